The number of pyridine rings is 1. The van der Waals surface area contributed by atoms with Crippen molar-refractivity contribution >= 4 is 69.2 Å². The molecule has 0 spiro atoms. The topological polar surface area (TPSA) is 219 Å². The first-order valence-electron chi connectivity index (χ1n) is 26.5. The number of benzene rings is 3. The van der Waals surface area contributed by atoms with Gasteiger partial charge in [0.25, 0.3) is 11.8 Å². The molecule has 0 radical (unpaired) electrons. The molecular formula is C59H67N7O13S2. The molecule has 3 aromatic carbocycles. The lowest BCUT2D eigenvalue weighted by Gasteiger charge is -2.20. The number of rotatable bonds is 29. The number of carbonyl (C=O) groups excluding carboxylic acids is 4. The smallest absolute Gasteiger partial charge is 0.407 e. The molecule has 2 N–H and O–H groups in total. The molecule has 0 bridgehead atoms. The Morgan fingerprint density at radius 3 is 1.81 bits per heavy atom. The molecule has 0 saturated carbocycles. The van der Waals surface area contributed by atoms with Crippen molar-refractivity contribution in [1.29, 1.82) is 0 Å². The number of ether oxygens (including phenoxy) is 9. The summed E-state index contributed by atoms with van der Waals surface area (Å²) < 4.78 is 51.7. The van der Waals surface area contributed by atoms with Crippen molar-refractivity contribution < 1.29 is 61.8 Å². The maximum Gasteiger partial charge on any atom is 0.407 e. The second-order valence-corrected chi connectivity index (χ2v) is 21.7. The van der Waals surface area contributed by atoms with Crippen LogP contribution in [0.3, 0.4) is 0 Å². The fourth-order valence-corrected chi connectivity index (χ4v) is 10.7. The van der Waals surface area contributed by atoms with Gasteiger partial charge in [0.2, 0.25) is 5.91 Å². The Morgan fingerprint density at radius 1 is 0.716 bits per heavy atom. The predicted octanol–water partition coefficient (Wildman–Crippen LogP) is 7.71. The monoisotopic (exact) mass is 1150 g/mol. The molecule has 2 fully saturated rings. The number of hydrogen-bond donors (Lipinski definition) is 2. The zero-order valence-electron chi connectivity index (χ0n) is 45.7. The normalized spacial score (nSPS) is 16.3. The molecular weight excluding hydrogens is 1080 g/mol. The summed E-state index contributed by atoms with van der Waals surface area (Å²) in [6, 6.07) is 17.8. The number of aliphatic imine (C=N–C) groups is 2. The highest BCUT2D eigenvalue weighted by Gasteiger charge is 2.36. The van der Waals surface area contributed by atoms with Crippen LogP contribution >= 0.6 is 21.6 Å². The lowest BCUT2D eigenvalue weighted by atomic mass is 10.1. The van der Waals surface area contributed by atoms with Crippen molar-refractivity contribution in [2.24, 2.45) is 9.98 Å². The molecule has 2 saturated heterocycles. The summed E-state index contributed by atoms with van der Waals surface area (Å²) in [5, 5.41) is 6.50. The van der Waals surface area contributed by atoms with Crippen LogP contribution in [-0.4, -0.2) is 168 Å². The van der Waals surface area contributed by atoms with Crippen molar-refractivity contribution in [3.8, 4) is 34.8 Å². The van der Waals surface area contributed by atoms with Gasteiger partial charge in [-0.3, -0.25) is 24.4 Å². The average molecular weight is 1150 g/mol. The number of carbonyl (C=O) groups is 4. The SMILES string of the molecule is C=C1C[C@H]2C=Nc3cc(OCc4cc(C#CCNC(=O)CCOCCOCCOCCOCCNC(=O)OC[C@@H](C)SSc5ccccn5)cc(COc5cc6c(cc5OC)C(=O)N5CC(=C)C[C@H]5C=N6)c4)c(OC)cc3C(=O)N2C1. The van der Waals surface area contributed by atoms with E-state index in [1.165, 1.54) is 14.2 Å². The Kier molecular flexibility index (Phi) is 22.4. The second kappa shape index (κ2) is 30.4. The number of nitrogens with zero attached hydrogens (tertiary/aromatic N) is 5. The maximum absolute atomic E-state index is 13.6. The van der Waals surface area contributed by atoms with Crippen LogP contribution < -0.4 is 29.6 Å². The van der Waals surface area contributed by atoms with Crippen molar-refractivity contribution in [1.82, 2.24) is 25.4 Å². The van der Waals surface area contributed by atoms with Gasteiger partial charge in [-0.05, 0) is 84.2 Å². The highest BCUT2D eigenvalue weighted by molar-refractivity contribution is 8.76. The summed E-state index contributed by atoms with van der Waals surface area (Å²) >= 11 is 0. The number of alkyl carbamates (subject to hydrolysis) is 1. The van der Waals surface area contributed by atoms with Gasteiger partial charge < -0.3 is 63.1 Å². The highest BCUT2D eigenvalue weighted by atomic mass is 33.1. The Hall–Kier alpha value is -7.39. The van der Waals surface area contributed by atoms with Crippen molar-refractivity contribution in [3.63, 3.8) is 0 Å². The van der Waals surface area contributed by atoms with Crippen molar-refractivity contribution in [3.05, 3.63) is 119 Å². The molecule has 8 rings (SSSR count). The van der Waals surface area contributed by atoms with E-state index < -0.39 is 6.09 Å². The quantitative estimate of drug-likeness (QED) is 0.0230. The molecule has 428 valence electrons. The fraction of sp³-hybridized carbons (Fsp3) is 0.407. The minimum absolute atomic E-state index is 0.0912. The van der Waals surface area contributed by atoms with Crippen LogP contribution in [0.25, 0.3) is 0 Å². The molecule has 22 heteroatoms. The third-order valence-corrected chi connectivity index (χ3v) is 15.6. The molecule has 4 amide bonds. The zero-order valence-corrected chi connectivity index (χ0v) is 47.4. The molecule has 4 aromatic rings. The van der Waals surface area contributed by atoms with Gasteiger partial charge in [-0.2, -0.15) is 0 Å². The standard InChI is InChI=1S/C59H67N7O13S2/c1-39-23-45-32-63-49-30-53(51(71-4)28-47(49)57(68)65(45)34-39)77-37-43-25-42(26-44(27-43)38-78-54-31-50-48(29-52(54)72-5)58(69)66-35-40(2)24-46(66)33-64-50)9-8-13-60-55(67)11-15-73-17-19-75-21-22-76-20-18-74-16-14-62-59(70)79-36-41(3)80-81-56-10-6-7-12-61-56/h6-7,10,12,25-33,41,45-46H,1-2,11,13-24,34-38H2,3-5H3,(H,60,67)(H,62,70)/t41-,45+,46+/m1/s1. The van der Waals surface area contributed by atoms with E-state index in [2.05, 4.69) is 50.6 Å². The summed E-state index contributed by atoms with van der Waals surface area (Å²) in [6.45, 7) is 14.6. The van der Waals surface area contributed by atoms with Crippen LogP contribution in [0.1, 0.15) is 63.6 Å². The minimum Gasteiger partial charge on any atom is -0.493 e. The Bertz CT molecular complexity index is 2890. The van der Waals surface area contributed by atoms with Gasteiger partial charge in [0.1, 0.15) is 24.8 Å². The molecule has 5 heterocycles. The maximum atomic E-state index is 13.6. The molecule has 20 nitrogen and oxygen atoms in total. The van der Waals surface area contributed by atoms with Crippen LogP contribution in [-0.2, 0) is 41.7 Å². The summed E-state index contributed by atoms with van der Waals surface area (Å²) in [7, 11) is 6.17. The molecule has 81 heavy (non-hydrogen) atoms. The van der Waals surface area contributed by atoms with Gasteiger partial charge in [0, 0.05) is 67.6 Å². The van der Waals surface area contributed by atoms with Crippen LogP contribution in [0.2, 0.25) is 0 Å². The van der Waals surface area contributed by atoms with Crippen LogP contribution in [0.4, 0.5) is 16.2 Å². The fourth-order valence-electron chi connectivity index (χ4n) is 8.86. The molecule has 0 unspecified atom stereocenters. The molecule has 4 aliphatic heterocycles. The number of amides is 4. The third-order valence-electron chi connectivity index (χ3n) is 12.8. The van der Waals surface area contributed by atoms with Gasteiger partial charge >= 0.3 is 6.09 Å². The Labute approximate surface area is 479 Å². The number of fused-ring (bicyclic) bond motifs is 4. The second-order valence-electron chi connectivity index (χ2n) is 19.1. The summed E-state index contributed by atoms with van der Waals surface area (Å²) in [6.07, 6.45) is 6.27. The number of hydrogen-bond acceptors (Lipinski definition) is 18. The van der Waals surface area contributed by atoms with E-state index in [1.54, 1.807) is 74.3 Å². The number of aromatic nitrogens is 1. The summed E-state index contributed by atoms with van der Waals surface area (Å²) in [5.41, 5.74) is 5.89. The highest BCUT2D eigenvalue weighted by Crippen LogP contribution is 2.41. The van der Waals surface area contributed by atoms with E-state index >= 15 is 0 Å². The van der Waals surface area contributed by atoms with Crippen molar-refractivity contribution in [2.45, 2.75) is 61.8 Å². The number of methoxy groups -OCH3 is 2. The van der Waals surface area contributed by atoms with E-state index in [1.807, 2.05) is 43.3 Å². The lowest BCUT2D eigenvalue weighted by Crippen LogP contribution is -2.35. The summed E-state index contributed by atoms with van der Waals surface area (Å²) in [5.74, 6) is 7.25. The van der Waals surface area contributed by atoms with E-state index in [9.17, 15) is 19.2 Å². The van der Waals surface area contributed by atoms with Crippen LogP contribution in [0.5, 0.6) is 23.0 Å². The number of nitrogens with one attached hydrogen (secondary N) is 2. The van der Waals surface area contributed by atoms with Gasteiger partial charge in [-0.1, -0.05) is 53.0 Å². The summed E-state index contributed by atoms with van der Waals surface area (Å²) in [4.78, 5) is 69.0. The van der Waals surface area contributed by atoms with E-state index in [0.717, 1.165) is 27.3 Å². The first-order valence-corrected chi connectivity index (χ1v) is 28.7. The largest absolute Gasteiger partial charge is 0.493 e. The first-order chi connectivity index (χ1) is 39.4. The molecule has 4 aliphatic rings. The molecule has 3 atom stereocenters. The third kappa shape index (κ3) is 17.6. The van der Waals surface area contributed by atoms with Crippen LogP contribution in [0.15, 0.2) is 106 Å². The van der Waals surface area contributed by atoms with Crippen LogP contribution in [0, 0.1) is 11.8 Å². The average Bonchev–Trinajstić information content (AvgIpc) is 4.05. The Morgan fingerprint density at radius 2 is 1.27 bits per heavy atom. The lowest BCUT2D eigenvalue weighted by molar-refractivity contribution is -0.122. The van der Waals surface area contributed by atoms with Gasteiger partial charge in [-0.15, -0.1) is 0 Å². The first kappa shape index (κ1) is 59.7. The Balaban J connectivity index is 0.762. The van der Waals surface area contributed by atoms with E-state index in [0.29, 0.717) is 130 Å². The minimum atomic E-state index is -0.490. The van der Waals surface area contributed by atoms with E-state index in [-0.39, 0.29) is 74.4 Å². The van der Waals surface area contributed by atoms with Crippen molar-refractivity contribution in [2.75, 3.05) is 99.9 Å². The molecule has 0 aliphatic carbocycles. The predicted molar refractivity (Wildman–Crippen MR) is 309 cm³/mol. The molecule has 1 aromatic heterocycles. The van der Waals surface area contributed by atoms with Gasteiger partial charge in [0.15, 0.2) is 23.0 Å². The van der Waals surface area contributed by atoms with E-state index in [4.69, 9.17) is 42.6 Å². The van der Waals surface area contributed by atoms with Gasteiger partial charge in [-0.25, -0.2) is 9.78 Å². The zero-order chi connectivity index (χ0) is 56.9. The van der Waals surface area contributed by atoms with Gasteiger partial charge in [0.05, 0.1) is 108 Å².